The van der Waals surface area contributed by atoms with Gasteiger partial charge in [-0.15, -0.1) is 0 Å². The second kappa shape index (κ2) is 2.42. The van der Waals surface area contributed by atoms with Crippen molar-refractivity contribution < 1.29 is 4.79 Å². The maximum atomic E-state index is 11.4. The Bertz CT molecular complexity index is 409. The lowest BCUT2D eigenvalue weighted by molar-refractivity contribution is -0.112. The Kier molecular flexibility index (Phi) is 1.49. The van der Waals surface area contributed by atoms with Crippen molar-refractivity contribution >= 4 is 17.3 Å². The zero-order chi connectivity index (χ0) is 9.59. The van der Waals surface area contributed by atoms with Gasteiger partial charge in [-0.2, -0.15) is 0 Å². The Morgan fingerprint density at radius 3 is 2.77 bits per heavy atom. The highest BCUT2D eigenvalue weighted by atomic mass is 16.2. The van der Waals surface area contributed by atoms with Gasteiger partial charge in [0.05, 0.1) is 5.69 Å². The number of rotatable bonds is 0. The maximum absolute atomic E-state index is 11.4. The lowest BCUT2D eigenvalue weighted by Gasteiger charge is -2.08. The molecule has 0 unspecified atom stereocenters. The lowest BCUT2D eigenvalue weighted by Crippen LogP contribution is -2.24. The summed E-state index contributed by atoms with van der Waals surface area (Å²) in [5, 5.41) is 7.57. The average molecular weight is 174 g/mol. The second-order valence-electron chi connectivity index (χ2n) is 3.26. The number of fused-ring (bicyclic) bond motifs is 1. The third kappa shape index (κ3) is 0.967. The molecular formula is C10H10N2O. The van der Waals surface area contributed by atoms with Crippen molar-refractivity contribution in [2.75, 3.05) is 11.9 Å². The minimum absolute atomic E-state index is 0.0983. The molecule has 13 heavy (non-hydrogen) atoms. The monoisotopic (exact) mass is 174 g/mol. The first-order valence-electron chi connectivity index (χ1n) is 4.09. The topological polar surface area (TPSA) is 44.2 Å². The molecule has 1 aromatic rings. The van der Waals surface area contributed by atoms with Gasteiger partial charge in [-0.1, -0.05) is 11.6 Å². The van der Waals surface area contributed by atoms with E-state index in [9.17, 15) is 4.79 Å². The van der Waals surface area contributed by atoms with Crippen LogP contribution >= 0.6 is 0 Å². The zero-order valence-corrected chi connectivity index (χ0v) is 7.59. The molecule has 66 valence electrons. The molecule has 0 spiro atoms. The summed E-state index contributed by atoms with van der Waals surface area (Å²) in [6.07, 6.45) is 0. The van der Waals surface area contributed by atoms with Gasteiger partial charge in [-0.25, -0.2) is 0 Å². The van der Waals surface area contributed by atoms with Crippen molar-refractivity contribution in [3.63, 3.8) is 0 Å². The summed E-state index contributed by atoms with van der Waals surface area (Å²) in [7, 11) is 1.69. The van der Waals surface area contributed by atoms with E-state index in [1.807, 2.05) is 25.1 Å². The summed E-state index contributed by atoms with van der Waals surface area (Å²) >= 11 is 0. The SMILES string of the molecule is Cc1ccc2c(c1)C(=N)C(=O)N2C. The molecule has 2 rings (SSSR count). The highest BCUT2D eigenvalue weighted by Gasteiger charge is 2.29. The van der Waals surface area contributed by atoms with Crippen molar-refractivity contribution in [1.29, 1.82) is 5.41 Å². The number of carbonyl (C=O) groups is 1. The van der Waals surface area contributed by atoms with E-state index in [4.69, 9.17) is 5.41 Å². The highest BCUT2D eigenvalue weighted by Crippen LogP contribution is 2.27. The van der Waals surface area contributed by atoms with Gasteiger partial charge < -0.3 is 4.90 Å². The normalized spacial score (nSPS) is 15.1. The van der Waals surface area contributed by atoms with Gasteiger partial charge in [0.2, 0.25) is 0 Å². The van der Waals surface area contributed by atoms with E-state index in [0.717, 1.165) is 16.8 Å². The third-order valence-corrected chi connectivity index (χ3v) is 2.30. The fourth-order valence-corrected chi connectivity index (χ4v) is 1.53. The van der Waals surface area contributed by atoms with Crippen LogP contribution in [0.25, 0.3) is 0 Å². The molecule has 0 atom stereocenters. The predicted molar refractivity (Wildman–Crippen MR) is 51.4 cm³/mol. The van der Waals surface area contributed by atoms with Crippen LogP contribution in [0.1, 0.15) is 11.1 Å². The van der Waals surface area contributed by atoms with E-state index >= 15 is 0 Å². The lowest BCUT2D eigenvalue weighted by atomic mass is 10.1. The minimum Gasteiger partial charge on any atom is -0.309 e. The van der Waals surface area contributed by atoms with E-state index in [1.54, 1.807) is 7.05 Å². The van der Waals surface area contributed by atoms with Gasteiger partial charge in [0.15, 0.2) is 0 Å². The van der Waals surface area contributed by atoms with E-state index in [2.05, 4.69) is 0 Å². The largest absolute Gasteiger partial charge is 0.309 e. The average Bonchev–Trinajstić information content (AvgIpc) is 2.32. The molecule has 1 N–H and O–H groups in total. The summed E-state index contributed by atoms with van der Waals surface area (Å²) in [5.74, 6) is -0.222. The Balaban J connectivity index is 2.67. The first kappa shape index (κ1) is 7.98. The number of likely N-dealkylation sites (N-methyl/N-ethyl adjacent to an activating group) is 1. The van der Waals surface area contributed by atoms with Crippen LogP contribution in [-0.2, 0) is 4.79 Å². The highest BCUT2D eigenvalue weighted by molar-refractivity contribution is 6.53. The number of amides is 1. The van der Waals surface area contributed by atoms with Gasteiger partial charge >= 0.3 is 0 Å². The van der Waals surface area contributed by atoms with E-state index in [-0.39, 0.29) is 11.6 Å². The summed E-state index contributed by atoms with van der Waals surface area (Å²) in [5.41, 5.74) is 2.75. The molecule has 3 nitrogen and oxygen atoms in total. The van der Waals surface area contributed by atoms with Crippen LogP contribution in [0.2, 0.25) is 0 Å². The molecule has 0 fully saturated rings. The fraction of sp³-hybridized carbons (Fsp3) is 0.200. The Hall–Kier alpha value is -1.64. The first-order chi connectivity index (χ1) is 6.11. The van der Waals surface area contributed by atoms with Crippen LogP contribution in [0.15, 0.2) is 18.2 Å². The van der Waals surface area contributed by atoms with Crippen LogP contribution in [-0.4, -0.2) is 18.7 Å². The van der Waals surface area contributed by atoms with E-state index < -0.39 is 0 Å². The molecule has 1 aliphatic rings. The molecule has 0 saturated heterocycles. The standard InChI is InChI=1S/C10H10N2O/c1-6-3-4-8-7(5-6)9(11)10(13)12(8)2/h3-5,11H,1-2H3. The number of hydrogen-bond donors (Lipinski definition) is 1. The third-order valence-electron chi connectivity index (χ3n) is 2.30. The molecular weight excluding hydrogens is 164 g/mol. The van der Waals surface area contributed by atoms with Crippen molar-refractivity contribution in [3.05, 3.63) is 29.3 Å². The number of benzene rings is 1. The number of nitrogens with zero attached hydrogens (tertiary/aromatic N) is 1. The molecule has 1 aliphatic heterocycles. The molecule has 0 saturated carbocycles. The molecule has 1 aromatic carbocycles. The summed E-state index contributed by atoms with van der Waals surface area (Å²) in [6, 6.07) is 5.70. The number of nitrogens with one attached hydrogen (secondary N) is 1. The molecule has 1 amide bonds. The number of aryl methyl sites for hydroxylation is 1. The van der Waals surface area contributed by atoms with E-state index in [1.165, 1.54) is 4.90 Å². The van der Waals surface area contributed by atoms with Crippen molar-refractivity contribution in [2.45, 2.75) is 6.92 Å². The van der Waals surface area contributed by atoms with Crippen molar-refractivity contribution in [2.24, 2.45) is 0 Å². The summed E-state index contributed by atoms with van der Waals surface area (Å²) in [4.78, 5) is 12.9. The fourth-order valence-electron chi connectivity index (χ4n) is 1.53. The van der Waals surface area contributed by atoms with Gasteiger partial charge in [-0.05, 0) is 19.1 Å². The number of anilines is 1. The predicted octanol–water partition coefficient (Wildman–Crippen LogP) is 1.34. The zero-order valence-electron chi connectivity index (χ0n) is 7.59. The van der Waals surface area contributed by atoms with Crippen molar-refractivity contribution in [3.8, 4) is 0 Å². The molecule has 0 bridgehead atoms. The van der Waals surface area contributed by atoms with Gasteiger partial charge in [0.25, 0.3) is 5.91 Å². The Morgan fingerprint density at radius 1 is 1.38 bits per heavy atom. The summed E-state index contributed by atoms with van der Waals surface area (Å²) in [6.45, 7) is 1.95. The van der Waals surface area contributed by atoms with Crippen LogP contribution in [0.3, 0.4) is 0 Å². The number of carbonyl (C=O) groups excluding carboxylic acids is 1. The van der Waals surface area contributed by atoms with Gasteiger partial charge in [0, 0.05) is 12.6 Å². The van der Waals surface area contributed by atoms with Crippen LogP contribution in [0.4, 0.5) is 5.69 Å². The molecule has 0 radical (unpaired) electrons. The van der Waals surface area contributed by atoms with Gasteiger partial charge in [0.1, 0.15) is 5.71 Å². The molecule has 1 heterocycles. The van der Waals surface area contributed by atoms with Crippen LogP contribution in [0, 0.1) is 12.3 Å². The minimum atomic E-state index is -0.222. The smallest absolute Gasteiger partial charge is 0.276 e. The van der Waals surface area contributed by atoms with Crippen LogP contribution in [0.5, 0.6) is 0 Å². The summed E-state index contributed by atoms with van der Waals surface area (Å²) < 4.78 is 0. The second-order valence-corrected chi connectivity index (χ2v) is 3.26. The molecule has 0 aromatic heterocycles. The molecule has 3 heteroatoms. The quantitative estimate of drug-likeness (QED) is 0.633. The van der Waals surface area contributed by atoms with E-state index in [0.29, 0.717) is 0 Å². The Labute approximate surface area is 76.5 Å². The first-order valence-corrected chi connectivity index (χ1v) is 4.09. The van der Waals surface area contributed by atoms with Crippen molar-refractivity contribution in [1.82, 2.24) is 0 Å². The Morgan fingerprint density at radius 2 is 2.08 bits per heavy atom. The van der Waals surface area contributed by atoms with Crippen LogP contribution < -0.4 is 4.90 Å². The van der Waals surface area contributed by atoms with Gasteiger partial charge in [-0.3, -0.25) is 10.2 Å². The maximum Gasteiger partial charge on any atom is 0.276 e. The number of hydrogen-bond acceptors (Lipinski definition) is 2. The molecule has 0 aliphatic carbocycles.